The van der Waals surface area contributed by atoms with Gasteiger partial charge in [-0.3, -0.25) is 5.01 Å². The van der Waals surface area contributed by atoms with E-state index in [0.29, 0.717) is 12.0 Å². The highest BCUT2D eigenvalue weighted by atomic mass is 16.5. The molecule has 1 aromatic rings. The molecule has 0 aliphatic carbocycles. The van der Waals surface area contributed by atoms with Crippen LogP contribution < -0.4 is 15.2 Å². The van der Waals surface area contributed by atoms with E-state index >= 15 is 0 Å². The fourth-order valence-electron chi connectivity index (χ4n) is 3.77. The lowest BCUT2D eigenvalue weighted by Gasteiger charge is -2.28. The van der Waals surface area contributed by atoms with Gasteiger partial charge in [-0.15, -0.1) is 0 Å². The predicted molar refractivity (Wildman–Crippen MR) is 105 cm³/mol. The molecule has 0 radical (unpaired) electrons. The molecule has 2 aliphatic rings. The van der Waals surface area contributed by atoms with E-state index in [9.17, 15) is 0 Å². The van der Waals surface area contributed by atoms with Gasteiger partial charge in [-0.25, -0.2) is 0 Å². The quantitative estimate of drug-likeness (QED) is 0.716. The largest absolute Gasteiger partial charge is 0.494 e. The van der Waals surface area contributed by atoms with E-state index in [2.05, 4.69) is 66.4 Å². The van der Waals surface area contributed by atoms with Gasteiger partial charge in [-0.05, 0) is 82.0 Å². The summed E-state index contributed by atoms with van der Waals surface area (Å²) in [5, 5.41) is 2.27. The predicted octanol–water partition coefficient (Wildman–Crippen LogP) is 4.19. The highest BCUT2D eigenvalue weighted by molar-refractivity contribution is 5.52. The Balaban J connectivity index is 1.48. The van der Waals surface area contributed by atoms with E-state index in [4.69, 9.17) is 4.74 Å². The molecule has 1 aromatic carbocycles. The zero-order valence-electron chi connectivity index (χ0n) is 16.0. The summed E-state index contributed by atoms with van der Waals surface area (Å²) >= 11 is 0. The Labute approximate surface area is 152 Å². The number of likely N-dealkylation sites (tertiary alicyclic amines) is 1. The number of rotatable bonds is 8. The minimum absolute atomic E-state index is 0.423. The fraction of sp³-hybridized carbons (Fsp3) is 0.619. The topological polar surface area (TPSA) is 27.7 Å². The Morgan fingerprint density at radius 3 is 2.56 bits per heavy atom. The van der Waals surface area contributed by atoms with Crippen molar-refractivity contribution in [3.05, 3.63) is 36.0 Å². The minimum Gasteiger partial charge on any atom is -0.494 e. The molecule has 25 heavy (non-hydrogen) atoms. The van der Waals surface area contributed by atoms with Crippen LogP contribution in [0.15, 0.2) is 36.0 Å². The van der Waals surface area contributed by atoms with Crippen molar-refractivity contribution in [3.8, 4) is 5.75 Å². The van der Waals surface area contributed by atoms with Gasteiger partial charge in [-0.2, -0.15) is 0 Å². The van der Waals surface area contributed by atoms with Crippen molar-refractivity contribution in [2.45, 2.75) is 52.5 Å². The summed E-state index contributed by atoms with van der Waals surface area (Å²) in [5.41, 5.74) is 5.90. The third-order valence-corrected chi connectivity index (χ3v) is 4.98. The summed E-state index contributed by atoms with van der Waals surface area (Å²) in [6, 6.07) is 8.91. The number of anilines is 1. The summed E-state index contributed by atoms with van der Waals surface area (Å²) < 4.78 is 5.92. The lowest BCUT2D eigenvalue weighted by molar-refractivity contribution is 0.263. The van der Waals surface area contributed by atoms with Gasteiger partial charge in [0.25, 0.3) is 0 Å². The Morgan fingerprint density at radius 1 is 1.16 bits per heavy atom. The molecule has 1 atom stereocenters. The van der Waals surface area contributed by atoms with E-state index in [1.54, 1.807) is 0 Å². The number of hydrazine groups is 1. The van der Waals surface area contributed by atoms with Crippen molar-refractivity contribution < 1.29 is 4.74 Å². The summed E-state index contributed by atoms with van der Waals surface area (Å²) in [7, 11) is 0. The maximum Gasteiger partial charge on any atom is 0.119 e. The van der Waals surface area contributed by atoms with Crippen molar-refractivity contribution in [1.29, 1.82) is 0 Å². The smallest absolute Gasteiger partial charge is 0.119 e. The SMILES string of the molecule is CC1=CC(CC(C)C)N(c2ccc(OCCCN3CCCC3)cc2)N1. The Hall–Kier alpha value is -1.68. The Bertz CT molecular complexity index is 561. The number of nitrogens with zero attached hydrogens (tertiary/aromatic N) is 2. The van der Waals surface area contributed by atoms with Gasteiger partial charge >= 0.3 is 0 Å². The Morgan fingerprint density at radius 2 is 1.88 bits per heavy atom. The number of nitrogens with one attached hydrogen (secondary N) is 1. The molecule has 2 aliphatic heterocycles. The standard InChI is InChI=1S/C21H33N3O/c1-17(2)15-20-16-18(3)22-24(20)19-7-9-21(10-8-19)25-14-6-13-23-11-4-5-12-23/h7-10,16-17,20,22H,4-6,11-15H2,1-3H3. The number of benzene rings is 1. The van der Waals surface area contributed by atoms with Crippen LogP contribution in [0.4, 0.5) is 5.69 Å². The molecule has 1 fully saturated rings. The third-order valence-electron chi connectivity index (χ3n) is 4.98. The average Bonchev–Trinajstić information content (AvgIpc) is 3.21. The molecule has 3 rings (SSSR count). The van der Waals surface area contributed by atoms with Crippen LogP contribution in [-0.4, -0.2) is 37.2 Å². The van der Waals surface area contributed by atoms with Crippen LogP contribution in [0.25, 0.3) is 0 Å². The highest BCUT2D eigenvalue weighted by Crippen LogP contribution is 2.27. The van der Waals surface area contributed by atoms with E-state index in [1.165, 1.54) is 37.3 Å². The molecule has 1 saturated heterocycles. The van der Waals surface area contributed by atoms with Gasteiger partial charge in [0.05, 0.1) is 18.3 Å². The fourth-order valence-corrected chi connectivity index (χ4v) is 3.77. The monoisotopic (exact) mass is 343 g/mol. The lowest BCUT2D eigenvalue weighted by atomic mass is 10.0. The first-order valence-electron chi connectivity index (χ1n) is 9.81. The zero-order valence-corrected chi connectivity index (χ0v) is 16.0. The summed E-state index contributed by atoms with van der Waals surface area (Å²) in [6.07, 6.45) is 7.30. The van der Waals surface area contributed by atoms with Crippen LogP contribution in [0.3, 0.4) is 0 Å². The minimum atomic E-state index is 0.423. The molecule has 0 aromatic heterocycles. The van der Waals surface area contributed by atoms with Crippen molar-refractivity contribution >= 4 is 5.69 Å². The van der Waals surface area contributed by atoms with Crippen LogP contribution in [0.5, 0.6) is 5.75 Å². The normalized spacial score (nSPS) is 20.9. The van der Waals surface area contributed by atoms with Gasteiger partial charge in [-0.1, -0.05) is 13.8 Å². The van der Waals surface area contributed by atoms with Crippen molar-refractivity contribution in [3.63, 3.8) is 0 Å². The van der Waals surface area contributed by atoms with Crippen molar-refractivity contribution in [2.24, 2.45) is 5.92 Å². The van der Waals surface area contributed by atoms with Gasteiger partial charge in [0.2, 0.25) is 0 Å². The summed E-state index contributed by atoms with van der Waals surface area (Å²) in [4.78, 5) is 2.54. The second kappa shape index (κ2) is 8.61. The molecule has 138 valence electrons. The first kappa shape index (κ1) is 18.1. The molecule has 0 amide bonds. The first-order valence-corrected chi connectivity index (χ1v) is 9.81. The van der Waals surface area contributed by atoms with E-state index in [1.807, 2.05) is 0 Å². The second-order valence-electron chi connectivity index (χ2n) is 7.77. The molecular weight excluding hydrogens is 310 g/mol. The van der Waals surface area contributed by atoms with Gasteiger partial charge < -0.3 is 15.1 Å². The number of ether oxygens (including phenoxy) is 1. The zero-order chi connectivity index (χ0) is 17.6. The van der Waals surface area contributed by atoms with Gasteiger partial charge in [0, 0.05) is 12.2 Å². The van der Waals surface area contributed by atoms with Gasteiger partial charge in [0.15, 0.2) is 0 Å². The molecule has 4 nitrogen and oxygen atoms in total. The molecule has 1 unspecified atom stereocenters. The first-order chi connectivity index (χ1) is 12.1. The van der Waals surface area contributed by atoms with Crippen LogP contribution in [0, 0.1) is 5.92 Å². The average molecular weight is 344 g/mol. The van der Waals surface area contributed by atoms with E-state index < -0.39 is 0 Å². The van der Waals surface area contributed by atoms with Crippen LogP contribution in [0.2, 0.25) is 0 Å². The summed E-state index contributed by atoms with van der Waals surface area (Å²) in [5.74, 6) is 1.64. The molecule has 0 saturated carbocycles. The summed E-state index contributed by atoms with van der Waals surface area (Å²) in [6.45, 7) is 11.2. The van der Waals surface area contributed by atoms with Crippen LogP contribution in [0.1, 0.15) is 46.5 Å². The second-order valence-corrected chi connectivity index (χ2v) is 7.77. The molecule has 0 spiro atoms. The molecular formula is C21H33N3O. The molecule has 1 N–H and O–H groups in total. The molecule has 2 heterocycles. The number of allylic oxidation sites excluding steroid dienone is 1. The van der Waals surface area contributed by atoms with Crippen molar-refractivity contribution in [2.75, 3.05) is 31.3 Å². The van der Waals surface area contributed by atoms with Crippen molar-refractivity contribution in [1.82, 2.24) is 10.3 Å². The maximum absolute atomic E-state index is 5.92. The van der Waals surface area contributed by atoms with Crippen LogP contribution in [-0.2, 0) is 0 Å². The number of hydrogen-bond donors (Lipinski definition) is 1. The van der Waals surface area contributed by atoms with Crippen LogP contribution >= 0.6 is 0 Å². The molecule has 0 bridgehead atoms. The molecule has 4 heteroatoms. The number of hydrogen-bond acceptors (Lipinski definition) is 4. The lowest BCUT2D eigenvalue weighted by Crippen LogP contribution is -2.39. The van der Waals surface area contributed by atoms with E-state index in [0.717, 1.165) is 31.7 Å². The Kier molecular flexibility index (Phi) is 6.24. The highest BCUT2D eigenvalue weighted by Gasteiger charge is 2.23. The third kappa shape index (κ3) is 5.15. The van der Waals surface area contributed by atoms with Gasteiger partial charge in [0.1, 0.15) is 5.75 Å². The van der Waals surface area contributed by atoms with E-state index in [-0.39, 0.29) is 0 Å². The maximum atomic E-state index is 5.92.